The molecule has 1 unspecified atom stereocenters. The van der Waals surface area contributed by atoms with E-state index in [0.29, 0.717) is 11.4 Å². The van der Waals surface area contributed by atoms with Gasteiger partial charge in [0.25, 0.3) is 5.24 Å². The van der Waals surface area contributed by atoms with Crippen LogP contribution in [0.25, 0.3) is 0 Å². The van der Waals surface area contributed by atoms with E-state index in [9.17, 15) is 19.2 Å². The quantitative estimate of drug-likeness (QED) is 0.759. The predicted molar refractivity (Wildman–Crippen MR) is 102 cm³/mol. The average molecular weight is 405 g/mol. The Hall–Kier alpha value is -2.72. The van der Waals surface area contributed by atoms with Crippen LogP contribution in [0.4, 0.5) is 15.6 Å². The fourth-order valence-electron chi connectivity index (χ4n) is 2.56. The Morgan fingerprint density at radius 1 is 1.30 bits per heavy atom. The van der Waals surface area contributed by atoms with E-state index in [0.717, 1.165) is 33.6 Å². The molecule has 0 spiro atoms. The summed E-state index contributed by atoms with van der Waals surface area (Å²) in [7, 11) is 0. The van der Waals surface area contributed by atoms with Crippen LogP contribution in [0, 0.1) is 6.92 Å². The average Bonchev–Trinajstić information content (AvgIpc) is 3.12. The van der Waals surface area contributed by atoms with Crippen molar-refractivity contribution in [2.45, 2.75) is 25.0 Å². The number of thioether (sulfide) groups is 1. The van der Waals surface area contributed by atoms with Crippen molar-refractivity contribution in [3.8, 4) is 0 Å². The van der Waals surface area contributed by atoms with E-state index in [4.69, 9.17) is 5.11 Å². The molecule has 1 saturated heterocycles. The van der Waals surface area contributed by atoms with Crippen molar-refractivity contribution in [2.24, 2.45) is 0 Å². The van der Waals surface area contributed by atoms with Crippen molar-refractivity contribution in [3.05, 3.63) is 40.9 Å². The molecule has 10 heteroatoms. The molecule has 2 N–H and O–H groups in total. The highest BCUT2D eigenvalue weighted by atomic mass is 32.2. The molecule has 0 radical (unpaired) electrons. The number of hydrogen-bond acceptors (Lipinski definition) is 7. The first-order chi connectivity index (χ1) is 12.8. The van der Waals surface area contributed by atoms with Gasteiger partial charge in [-0.1, -0.05) is 18.2 Å². The van der Waals surface area contributed by atoms with Crippen molar-refractivity contribution in [1.82, 2.24) is 4.98 Å². The molecule has 0 saturated carbocycles. The minimum atomic E-state index is -1.01. The Bertz CT molecular complexity index is 927. The summed E-state index contributed by atoms with van der Waals surface area (Å²) < 4.78 is 0. The number of amides is 3. The summed E-state index contributed by atoms with van der Waals surface area (Å²) in [4.78, 5) is 52.9. The number of carbonyl (C=O) groups is 4. The molecular formula is C17H15N3O5S2. The lowest BCUT2D eigenvalue weighted by molar-refractivity contribution is -0.136. The van der Waals surface area contributed by atoms with E-state index in [1.54, 1.807) is 30.5 Å². The van der Waals surface area contributed by atoms with Crippen molar-refractivity contribution >= 4 is 56.9 Å². The Labute approximate surface area is 162 Å². The number of nitrogens with zero attached hydrogens (tertiary/aromatic N) is 2. The van der Waals surface area contributed by atoms with E-state index in [1.807, 2.05) is 6.07 Å². The Morgan fingerprint density at radius 3 is 2.74 bits per heavy atom. The largest absolute Gasteiger partial charge is 0.481 e. The summed E-state index contributed by atoms with van der Waals surface area (Å²) in [6, 6.07) is 7.05. The second-order valence-corrected chi connectivity index (χ2v) is 7.81. The van der Waals surface area contributed by atoms with Gasteiger partial charge in [0.15, 0.2) is 5.13 Å². The molecule has 27 heavy (non-hydrogen) atoms. The summed E-state index contributed by atoms with van der Waals surface area (Å²) in [6.07, 6.45) is -0.408. The van der Waals surface area contributed by atoms with Gasteiger partial charge in [0.05, 0.1) is 17.8 Å². The number of carboxylic acids is 1. The molecule has 1 aliphatic rings. The minimum Gasteiger partial charge on any atom is -0.481 e. The lowest BCUT2D eigenvalue weighted by Crippen LogP contribution is -2.33. The third-order valence-corrected chi connectivity index (χ3v) is 5.62. The van der Waals surface area contributed by atoms with E-state index >= 15 is 0 Å². The molecule has 1 fully saturated rings. The molecule has 3 amide bonds. The van der Waals surface area contributed by atoms with Gasteiger partial charge in [-0.2, -0.15) is 0 Å². The van der Waals surface area contributed by atoms with Crippen LogP contribution >= 0.6 is 23.1 Å². The Kier molecular flexibility index (Phi) is 5.57. The highest BCUT2D eigenvalue weighted by Gasteiger charge is 2.42. The molecule has 0 aliphatic carbocycles. The Morgan fingerprint density at radius 2 is 2.04 bits per heavy atom. The van der Waals surface area contributed by atoms with Gasteiger partial charge >= 0.3 is 5.97 Å². The molecule has 2 heterocycles. The van der Waals surface area contributed by atoms with Gasteiger partial charge in [-0.25, -0.2) is 9.88 Å². The number of carboxylic acid groups (broad SMARTS) is 1. The zero-order chi connectivity index (χ0) is 19.6. The summed E-state index contributed by atoms with van der Waals surface area (Å²) >= 11 is 1.92. The number of imide groups is 1. The molecule has 1 aromatic carbocycles. The highest BCUT2D eigenvalue weighted by Crippen LogP contribution is 2.35. The molecule has 140 valence electrons. The second kappa shape index (κ2) is 7.89. The standard InChI is InChI=1S/C17H15N3O5S2/c1-9-4-2-3-5-11(9)20-15(24)12(27-17(20)25)7-13(21)19-16-18-10(8-26-16)6-14(22)23/h2-5,8,12H,6-7H2,1H3,(H,22,23)(H,18,19,21). The van der Waals surface area contributed by atoms with E-state index in [1.165, 1.54) is 0 Å². The van der Waals surface area contributed by atoms with Gasteiger partial charge in [0.2, 0.25) is 11.8 Å². The maximum Gasteiger partial charge on any atom is 0.309 e. The van der Waals surface area contributed by atoms with Gasteiger partial charge in [-0.15, -0.1) is 11.3 Å². The van der Waals surface area contributed by atoms with Crippen molar-refractivity contribution in [1.29, 1.82) is 0 Å². The summed E-state index contributed by atoms with van der Waals surface area (Å²) in [5.41, 5.74) is 1.65. The monoisotopic (exact) mass is 405 g/mol. The van der Waals surface area contributed by atoms with Crippen molar-refractivity contribution in [3.63, 3.8) is 0 Å². The number of rotatable bonds is 6. The summed E-state index contributed by atoms with van der Waals surface area (Å²) in [5, 5.41) is 11.9. The third kappa shape index (κ3) is 4.34. The van der Waals surface area contributed by atoms with Crippen molar-refractivity contribution < 1.29 is 24.3 Å². The zero-order valence-electron chi connectivity index (χ0n) is 14.2. The van der Waals surface area contributed by atoms with Gasteiger partial charge in [-0.3, -0.25) is 19.2 Å². The fraction of sp³-hybridized carbons (Fsp3) is 0.235. The smallest absolute Gasteiger partial charge is 0.309 e. The molecule has 1 aromatic heterocycles. The number of anilines is 2. The van der Waals surface area contributed by atoms with Crippen LogP contribution in [-0.2, 0) is 20.8 Å². The van der Waals surface area contributed by atoms with Gasteiger partial charge in [0, 0.05) is 11.8 Å². The Balaban J connectivity index is 1.64. The molecule has 3 rings (SSSR count). The van der Waals surface area contributed by atoms with Crippen LogP contribution in [0.3, 0.4) is 0 Å². The predicted octanol–water partition coefficient (Wildman–Crippen LogP) is 2.68. The number of aliphatic carboxylic acids is 1. The molecular weight excluding hydrogens is 390 g/mol. The first-order valence-electron chi connectivity index (χ1n) is 7.91. The number of para-hydroxylation sites is 1. The van der Waals surface area contributed by atoms with Gasteiger partial charge < -0.3 is 10.4 Å². The first kappa shape index (κ1) is 19.1. The van der Waals surface area contributed by atoms with Gasteiger partial charge in [-0.05, 0) is 30.3 Å². The first-order valence-corrected chi connectivity index (χ1v) is 9.67. The number of aromatic nitrogens is 1. The van der Waals surface area contributed by atoms with Crippen molar-refractivity contribution in [2.75, 3.05) is 10.2 Å². The van der Waals surface area contributed by atoms with Gasteiger partial charge in [0.1, 0.15) is 5.25 Å². The lowest BCUT2D eigenvalue weighted by Gasteiger charge is -2.16. The molecule has 2 aromatic rings. The summed E-state index contributed by atoms with van der Waals surface area (Å²) in [6.45, 7) is 1.80. The maximum atomic E-state index is 12.6. The van der Waals surface area contributed by atoms with Crippen LogP contribution in [0.1, 0.15) is 17.7 Å². The SMILES string of the molecule is Cc1ccccc1N1C(=O)SC(CC(=O)Nc2nc(CC(=O)O)cs2)C1=O. The molecule has 1 aliphatic heterocycles. The normalized spacial score (nSPS) is 16.6. The molecule has 1 atom stereocenters. The van der Waals surface area contributed by atoms with Crippen LogP contribution < -0.4 is 10.2 Å². The lowest BCUT2D eigenvalue weighted by atomic mass is 10.1. The maximum absolute atomic E-state index is 12.6. The number of hydrogen-bond donors (Lipinski definition) is 2. The third-order valence-electron chi connectivity index (χ3n) is 3.78. The van der Waals surface area contributed by atoms with Crippen LogP contribution in [0.5, 0.6) is 0 Å². The van der Waals surface area contributed by atoms with Crippen LogP contribution in [0.2, 0.25) is 0 Å². The van der Waals surface area contributed by atoms with E-state index in [-0.39, 0.29) is 18.0 Å². The second-order valence-electron chi connectivity index (χ2n) is 5.80. The highest BCUT2D eigenvalue weighted by molar-refractivity contribution is 8.15. The minimum absolute atomic E-state index is 0.175. The molecule has 8 nitrogen and oxygen atoms in total. The number of carbonyl (C=O) groups excluding carboxylic acids is 3. The number of aryl methyl sites for hydroxylation is 1. The topological polar surface area (TPSA) is 117 Å². The van der Waals surface area contributed by atoms with E-state index < -0.39 is 28.3 Å². The molecule has 0 bridgehead atoms. The van der Waals surface area contributed by atoms with Crippen LogP contribution in [0.15, 0.2) is 29.6 Å². The fourth-order valence-corrected chi connectivity index (χ4v) is 4.26. The van der Waals surface area contributed by atoms with Crippen LogP contribution in [-0.4, -0.2) is 38.4 Å². The summed E-state index contributed by atoms with van der Waals surface area (Å²) in [5.74, 6) is -1.90. The number of benzene rings is 1. The number of nitrogens with one attached hydrogen (secondary N) is 1. The number of thiazole rings is 1. The zero-order valence-corrected chi connectivity index (χ0v) is 15.8. The van der Waals surface area contributed by atoms with E-state index in [2.05, 4.69) is 10.3 Å².